The number of nitrogens with two attached hydrogens (primary N) is 1. The third kappa shape index (κ3) is 2.18. The number of aryl methyl sites for hydroxylation is 1. The van der Waals surface area contributed by atoms with Crippen LogP contribution in [0.15, 0.2) is 30.6 Å². The number of hydrogen-bond donors (Lipinski definition) is 1. The average molecular weight is 241 g/mol. The summed E-state index contributed by atoms with van der Waals surface area (Å²) in [6, 6.07) is 8.51. The summed E-state index contributed by atoms with van der Waals surface area (Å²) in [6.07, 6.45) is 6.89. The first-order valence-electron chi connectivity index (χ1n) is 6.67. The minimum absolute atomic E-state index is 0.607. The quantitative estimate of drug-likeness (QED) is 0.896. The molecule has 3 heteroatoms. The maximum atomic E-state index is 5.68. The van der Waals surface area contributed by atoms with E-state index < -0.39 is 0 Å². The summed E-state index contributed by atoms with van der Waals surface area (Å²) in [4.78, 5) is 4.53. The van der Waals surface area contributed by atoms with Gasteiger partial charge in [0, 0.05) is 18.8 Å². The molecule has 0 saturated carbocycles. The number of nitrogens with zero attached hydrogens (tertiary/aromatic N) is 2. The SMILES string of the molecule is NCc1cccc(Cn2cnc3c2CCCC3)c1. The predicted molar refractivity (Wildman–Crippen MR) is 72.3 cm³/mol. The summed E-state index contributed by atoms with van der Waals surface area (Å²) in [6.45, 7) is 1.52. The van der Waals surface area contributed by atoms with E-state index in [0.29, 0.717) is 6.54 Å². The summed E-state index contributed by atoms with van der Waals surface area (Å²) in [7, 11) is 0. The van der Waals surface area contributed by atoms with Crippen molar-refractivity contribution in [1.29, 1.82) is 0 Å². The second-order valence-corrected chi connectivity index (χ2v) is 5.00. The molecule has 18 heavy (non-hydrogen) atoms. The lowest BCUT2D eigenvalue weighted by Crippen LogP contribution is -2.09. The van der Waals surface area contributed by atoms with E-state index in [0.717, 1.165) is 13.0 Å². The fourth-order valence-electron chi connectivity index (χ4n) is 2.72. The molecular formula is C15H19N3. The zero-order valence-corrected chi connectivity index (χ0v) is 10.6. The Balaban J connectivity index is 1.85. The second-order valence-electron chi connectivity index (χ2n) is 5.00. The number of rotatable bonds is 3. The van der Waals surface area contributed by atoms with E-state index in [4.69, 9.17) is 5.73 Å². The van der Waals surface area contributed by atoms with Gasteiger partial charge in [0.25, 0.3) is 0 Å². The highest BCUT2D eigenvalue weighted by Crippen LogP contribution is 2.20. The van der Waals surface area contributed by atoms with Crippen molar-refractivity contribution in [2.45, 2.75) is 38.8 Å². The highest BCUT2D eigenvalue weighted by atomic mass is 15.1. The van der Waals surface area contributed by atoms with Gasteiger partial charge in [0.15, 0.2) is 0 Å². The van der Waals surface area contributed by atoms with Gasteiger partial charge < -0.3 is 10.3 Å². The van der Waals surface area contributed by atoms with Crippen molar-refractivity contribution >= 4 is 0 Å². The first-order valence-corrected chi connectivity index (χ1v) is 6.67. The Morgan fingerprint density at radius 2 is 2.00 bits per heavy atom. The van der Waals surface area contributed by atoms with Crippen molar-refractivity contribution in [3.05, 3.63) is 53.1 Å². The molecule has 0 amide bonds. The summed E-state index contributed by atoms with van der Waals surface area (Å²) in [5.41, 5.74) is 10.9. The standard InChI is InChI=1S/C15H19N3/c16-9-12-4-3-5-13(8-12)10-18-11-17-14-6-1-2-7-15(14)18/h3-5,8,11H,1-2,6-7,9-10,16H2. The molecule has 2 aromatic rings. The van der Waals surface area contributed by atoms with Gasteiger partial charge in [-0.05, 0) is 36.8 Å². The van der Waals surface area contributed by atoms with E-state index in [2.05, 4.69) is 33.8 Å². The van der Waals surface area contributed by atoms with Gasteiger partial charge in [0.1, 0.15) is 0 Å². The van der Waals surface area contributed by atoms with Crippen LogP contribution in [-0.4, -0.2) is 9.55 Å². The Morgan fingerprint density at radius 3 is 2.89 bits per heavy atom. The van der Waals surface area contributed by atoms with Crippen LogP contribution < -0.4 is 5.73 Å². The normalized spacial score (nSPS) is 14.5. The summed E-state index contributed by atoms with van der Waals surface area (Å²) >= 11 is 0. The van der Waals surface area contributed by atoms with Gasteiger partial charge in [-0.2, -0.15) is 0 Å². The van der Waals surface area contributed by atoms with Crippen LogP contribution in [0, 0.1) is 0 Å². The Kier molecular flexibility index (Phi) is 3.15. The molecule has 0 bridgehead atoms. The van der Waals surface area contributed by atoms with Gasteiger partial charge in [-0.3, -0.25) is 0 Å². The monoisotopic (exact) mass is 241 g/mol. The van der Waals surface area contributed by atoms with E-state index in [-0.39, 0.29) is 0 Å². The molecule has 94 valence electrons. The molecule has 0 unspecified atom stereocenters. The number of fused-ring (bicyclic) bond motifs is 1. The Morgan fingerprint density at radius 1 is 1.17 bits per heavy atom. The third-order valence-electron chi connectivity index (χ3n) is 3.69. The topological polar surface area (TPSA) is 43.8 Å². The maximum Gasteiger partial charge on any atom is 0.0954 e. The highest BCUT2D eigenvalue weighted by molar-refractivity contribution is 5.25. The van der Waals surface area contributed by atoms with Crippen LogP contribution in [0.1, 0.15) is 35.4 Å². The largest absolute Gasteiger partial charge is 0.330 e. The molecule has 0 atom stereocenters. The van der Waals surface area contributed by atoms with Crippen LogP contribution >= 0.6 is 0 Å². The molecular weight excluding hydrogens is 222 g/mol. The van der Waals surface area contributed by atoms with Crippen molar-refractivity contribution in [2.75, 3.05) is 0 Å². The van der Waals surface area contributed by atoms with Gasteiger partial charge in [0.2, 0.25) is 0 Å². The molecule has 1 aliphatic rings. The first kappa shape index (κ1) is 11.5. The van der Waals surface area contributed by atoms with Crippen LogP contribution in [-0.2, 0) is 25.9 Å². The molecule has 1 aliphatic carbocycles. The maximum absolute atomic E-state index is 5.68. The van der Waals surface area contributed by atoms with Crippen LogP contribution in [0.2, 0.25) is 0 Å². The molecule has 3 nitrogen and oxygen atoms in total. The van der Waals surface area contributed by atoms with Crippen molar-refractivity contribution in [3.63, 3.8) is 0 Å². The molecule has 0 aliphatic heterocycles. The molecule has 0 fully saturated rings. The summed E-state index contributed by atoms with van der Waals surface area (Å²) in [5.74, 6) is 0. The minimum atomic E-state index is 0.607. The van der Waals surface area contributed by atoms with Gasteiger partial charge in [-0.15, -0.1) is 0 Å². The Bertz CT molecular complexity index is 542. The lowest BCUT2D eigenvalue weighted by Gasteiger charge is -2.14. The number of benzene rings is 1. The average Bonchev–Trinajstić information content (AvgIpc) is 2.83. The van der Waals surface area contributed by atoms with Gasteiger partial charge in [-0.1, -0.05) is 24.3 Å². The minimum Gasteiger partial charge on any atom is -0.330 e. The van der Waals surface area contributed by atoms with E-state index in [1.807, 2.05) is 6.33 Å². The Labute approximate surface area is 108 Å². The molecule has 1 aromatic carbocycles. The van der Waals surface area contributed by atoms with Crippen LogP contribution in [0.3, 0.4) is 0 Å². The smallest absolute Gasteiger partial charge is 0.0954 e. The lowest BCUT2D eigenvalue weighted by atomic mass is 10.0. The van der Waals surface area contributed by atoms with Crippen molar-refractivity contribution in [3.8, 4) is 0 Å². The van der Waals surface area contributed by atoms with Gasteiger partial charge in [0.05, 0.1) is 12.0 Å². The molecule has 2 N–H and O–H groups in total. The van der Waals surface area contributed by atoms with Crippen LogP contribution in [0.4, 0.5) is 0 Å². The second kappa shape index (κ2) is 4.94. The van der Waals surface area contributed by atoms with Crippen molar-refractivity contribution in [1.82, 2.24) is 9.55 Å². The van der Waals surface area contributed by atoms with Crippen LogP contribution in [0.5, 0.6) is 0 Å². The van der Waals surface area contributed by atoms with E-state index in [1.54, 1.807) is 0 Å². The van der Waals surface area contributed by atoms with Gasteiger partial charge >= 0.3 is 0 Å². The lowest BCUT2D eigenvalue weighted by molar-refractivity contribution is 0.628. The summed E-state index contributed by atoms with van der Waals surface area (Å²) in [5, 5.41) is 0. The molecule has 0 saturated heterocycles. The molecule has 0 radical (unpaired) electrons. The van der Waals surface area contributed by atoms with Crippen molar-refractivity contribution in [2.24, 2.45) is 5.73 Å². The number of hydrogen-bond acceptors (Lipinski definition) is 2. The number of aromatic nitrogens is 2. The van der Waals surface area contributed by atoms with E-state index in [1.165, 1.54) is 41.8 Å². The summed E-state index contributed by atoms with van der Waals surface area (Å²) < 4.78 is 2.30. The highest BCUT2D eigenvalue weighted by Gasteiger charge is 2.14. The first-order chi connectivity index (χ1) is 8.86. The Hall–Kier alpha value is -1.61. The van der Waals surface area contributed by atoms with E-state index in [9.17, 15) is 0 Å². The predicted octanol–water partition coefficient (Wildman–Crippen LogP) is 2.27. The van der Waals surface area contributed by atoms with E-state index >= 15 is 0 Å². The zero-order chi connectivity index (χ0) is 12.4. The fourth-order valence-corrected chi connectivity index (χ4v) is 2.72. The van der Waals surface area contributed by atoms with Crippen LogP contribution in [0.25, 0.3) is 0 Å². The molecule has 3 rings (SSSR count). The molecule has 0 spiro atoms. The fraction of sp³-hybridized carbons (Fsp3) is 0.400. The van der Waals surface area contributed by atoms with Gasteiger partial charge in [-0.25, -0.2) is 4.98 Å². The zero-order valence-electron chi connectivity index (χ0n) is 10.6. The number of imidazole rings is 1. The van der Waals surface area contributed by atoms with Crippen molar-refractivity contribution < 1.29 is 0 Å². The molecule has 1 heterocycles. The third-order valence-corrected chi connectivity index (χ3v) is 3.69. The molecule has 1 aromatic heterocycles.